The smallest absolute Gasteiger partial charge is 0.227 e. The molecule has 142 valence electrons. The number of anilines is 1. The summed E-state index contributed by atoms with van der Waals surface area (Å²) >= 11 is 0. The highest BCUT2D eigenvalue weighted by atomic mass is 16.2. The van der Waals surface area contributed by atoms with Crippen LogP contribution < -0.4 is 4.90 Å². The average Bonchev–Trinajstić information content (AvgIpc) is 3.13. The third-order valence-corrected chi connectivity index (χ3v) is 5.55. The zero-order chi connectivity index (χ0) is 19.0. The highest BCUT2D eigenvalue weighted by Gasteiger charge is 2.33. The largest absolute Gasteiger partial charge is 0.362 e. The first-order valence-corrected chi connectivity index (χ1v) is 9.63. The Hall–Kier alpha value is -2.47. The van der Waals surface area contributed by atoms with E-state index in [1.807, 2.05) is 49.3 Å². The number of amides is 1. The normalized spacial score (nSPS) is 19.8. The van der Waals surface area contributed by atoms with Gasteiger partial charge in [-0.05, 0) is 26.4 Å². The second-order valence-electron chi connectivity index (χ2n) is 7.81. The van der Waals surface area contributed by atoms with Gasteiger partial charge >= 0.3 is 0 Å². The van der Waals surface area contributed by atoms with Gasteiger partial charge < -0.3 is 14.7 Å². The minimum atomic E-state index is 0.125. The molecule has 27 heavy (non-hydrogen) atoms. The van der Waals surface area contributed by atoms with Crippen LogP contribution in [0.5, 0.6) is 0 Å². The summed E-state index contributed by atoms with van der Waals surface area (Å²) in [6.45, 7) is 3.20. The maximum atomic E-state index is 13.0. The molecular formula is C21H27N5O. The van der Waals surface area contributed by atoms with Crippen LogP contribution in [0.25, 0.3) is 11.4 Å². The van der Waals surface area contributed by atoms with Gasteiger partial charge in [0, 0.05) is 38.3 Å². The van der Waals surface area contributed by atoms with E-state index in [4.69, 9.17) is 9.97 Å². The Morgan fingerprint density at radius 2 is 1.93 bits per heavy atom. The number of fused-ring (bicyclic) bond motifs is 1. The van der Waals surface area contributed by atoms with Crippen molar-refractivity contribution in [2.24, 2.45) is 5.92 Å². The van der Waals surface area contributed by atoms with Gasteiger partial charge in [-0.2, -0.15) is 0 Å². The molecule has 0 bridgehead atoms. The predicted octanol–water partition coefficient (Wildman–Crippen LogP) is 2.05. The lowest BCUT2D eigenvalue weighted by Crippen LogP contribution is -2.41. The molecule has 1 aromatic heterocycles. The van der Waals surface area contributed by atoms with Crippen LogP contribution in [-0.4, -0.2) is 66.5 Å². The fourth-order valence-corrected chi connectivity index (χ4v) is 4.08. The topological polar surface area (TPSA) is 52.6 Å². The number of benzene rings is 1. The van der Waals surface area contributed by atoms with E-state index in [2.05, 4.69) is 16.8 Å². The molecule has 0 aliphatic carbocycles. The Morgan fingerprint density at radius 1 is 1.15 bits per heavy atom. The summed E-state index contributed by atoms with van der Waals surface area (Å²) in [6, 6.07) is 10.1. The molecule has 2 aliphatic rings. The molecule has 0 N–H and O–H groups in total. The van der Waals surface area contributed by atoms with Gasteiger partial charge in [0.05, 0.1) is 18.2 Å². The van der Waals surface area contributed by atoms with Crippen molar-refractivity contribution in [3.05, 3.63) is 41.6 Å². The van der Waals surface area contributed by atoms with Crippen molar-refractivity contribution in [3.8, 4) is 11.4 Å². The van der Waals surface area contributed by atoms with Crippen LogP contribution in [0.2, 0.25) is 0 Å². The second kappa shape index (κ2) is 7.27. The molecule has 1 fully saturated rings. The van der Waals surface area contributed by atoms with Crippen LogP contribution in [0.1, 0.15) is 17.7 Å². The summed E-state index contributed by atoms with van der Waals surface area (Å²) in [5.74, 6) is 2.09. The van der Waals surface area contributed by atoms with Gasteiger partial charge in [0.1, 0.15) is 5.82 Å². The van der Waals surface area contributed by atoms with Crippen molar-refractivity contribution in [1.82, 2.24) is 19.8 Å². The molecule has 3 heterocycles. The van der Waals surface area contributed by atoms with Gasteiger partial charge in [-0.1, -0.05) is 30.3 Å². The molecule has 0 saturated carbocycles. The van der Waals surface area contributed by atoms with Crippen LogP contribution in [0.15, 0.2) is 30.3 Å². The average molecular weight is 365 g/mol. The Kier molecular flexibility index (Phi) is 4.83. The second-order valence-corrected chi connectivity index (χ2v) is 7.81. The monoisotopic (exact) mass is 365 g/mol. The maximum absolute atomic E-state index is 13.0. The summed E-state index contributed by atoms with van der Waals surface area (Å²) in [6.07, 6.45) is 1.77. The highest BCUT2D eigenvalue weighted by molar-refractivity contribution is 5.80. The summed E-state index contributed by atoms with van der Waals surface area (Å²) < 4.78 is 0. The molecule has 4 rings (SSSR count). The Balaban J connectivity index is 1.65. The van der Waals surface area contributed by atoms with Crippen molar-refractivity contribution in [3.63, 3.8) is 0 Å². The predicted molar refractivity (Wildman–Crippen MR) is 107 cm³/mol. The molecule has 1 amide bonds. The van der Waals surface area contributed by atoms with Crippen molar-refractivity contribution in [2.45, 2.75) is 19.4 Å². The number of carbonyl (C=O) groups is 1. The number of rotatable bonds is 3. The number of likely N-dealkylation sites (tertiary alicyclic amines) is 1. The lowest BCUT2D eigenvalue weighted by Gasteiger charge is -2.32. The highest BCUT2D eigenvalue weighted by Crippen LogP contribution is 2.29. The third kappa shape index (κ3) is 3.54. The zero-order valence-corrected chi connectivity index (χ0v) is 16.4. The molecular weight excluding hydrogens is 338 g/mol. The first-order valence-electron chi connectivity index (χ1n) is 9.63. The molecule has 2 aromatic rings. The SMILES string of the molecule is CN1CCC(C(=O)N2CCc3c(nc(-c4ccccc4)nc3N(C)C)C2)C1. The van der Waals surface area contributed by atoms with E-state index >= 15 is 0 Å². The number of carbonyl (C=O) groups excluding carboxylic acids is 1. The van der Waals surface area contributed by atoms with Gasteiger partial charge in [0.15, 0.2) is 5.82 Å². The van der Waals surface area contributed by atoms with E-state index < -0.39 is 0 Å². The molecule has 6 nitrogen and oxygen atoms in total. The van der Waals surface area contributed by atoms with E-state index in [-0.39, 0.29) is 11.8 Å². The molecule has 0 spiro atoms. The van der Waals surface area contributed by atoms with Crippen LogP contribution in [0.4, 0.5) is 5.82 Å². The van der Waals surface area contributed by atoms with Gasteiger partial charge in [0.2, 0.25) is 5.91 Å². The minimum Gasteiger partial charge on any atom is -0.362 e. The van der Waals surface area contributed by atoms with Gasteiger partial charge in [-0.3, -0.25) is 4.79 Å². The Morgan fingerprint density at radius 3 is 2.59 bits per heavy atom. The zero-order valence-electron chi connectivity index (χ0n) is 16.4. The minimum absolute atomic E-state index is 0.125. The summed E-state index contributed by atoms with van der Waals surface area (Å²) in [5.41, 5.74) is 3.16. The van der Waals surface area contributed by atoms with Crippen LogP contribution in [0.3, 0.4) is 0 Å². The number of nitrogens with zero attached hydrogens (tertiary/aromatic N) is 5. The standard InChI is InChI=1S/C21H27N5O/c1-24(2)20-17-10-12-26(21(27)16-9-11-25(3)13-16)14-18(17)22-19(23-20)15-7-5-4-6-8-15/h4-8,16H,9-14H2,1-3H3. The molecule has 1 unspecified atom stereocenters. The first-order chi connectivity index (χ1) is 13.0. The fourth-order valence-electron chi connectivity index (χ4n) is 4.08. The van der Waals surface area contributed by atoms with Crippen molar-refractivity contribution < 1.29 is 4.79 Å². The molecule has 0 radical (unpaired) electrons. The Bertz CT molecular complexity index is 836. The molecule has 1 atom stereocenters. The summed E-state index contributed by atoms with van der Waals surface area (Å²) in [4.78, 5) is 28.9. The fraction of sp³-hybridized carbons (Fsp3) is 0.476. The van der Waals surface area contributed by atoms with Gasteiger partial charge in [-0.15, -0.1) is 0 Å². The molecule has 2 aliphatic heterocycles. The van der Waals surface area contributed by atoms with Crippen LogP contribution in [-0.2, 0) is 17.8 Å². The first kappa shape index (κ1) is 17.9. The third-order valence-electron chi connectivity index (χ3n) is 5.55. The maximum Gasteiger partial charge on any atom is 0.227 e. The van der Waals surface area contributed by atoms with E-state index in [9.17, 15) is 4.79 Å². The van der Waals surface area contributed by atoms with Crippen molar-refractivity contribution >= 4 is 11.7 Å². The van der Waals surface area contributed by atoms with Crippen LogP contribution in [0, 0.1) is 5.92 Å². The summed E-state index contributed by atoms with van der Waals surface area (Å²) in [5, 5.41) is 0. The van der Waals surface area contributed by atoms with Crippen molar-refractivity contribution in [2.75, 3.05) is 45.7 Å². The van der Waals surface area contributed by atoms with E-state index in [0.717, 1.165) is 55.4 Å². The summed E-state index contributed by atoms with van der Waals surface area (Å²) in [7, 11) is 6.12. The van der Waals surface area contributed by atoms with E-state index in [1.54, 1.807) is 0 Å². The lowest BCUT2D eigenvalue weighted by atomic mass is 10.0. The van der Waals surface area contributed by atoms with E-state index in [0.29, 0.717) is 6.54 Å². The molecule has 6 heteroatoms. The quantitative estimate of drug-likeness (QED) is 0.833. The molecule has 1 saturated heterocycles. The molecule has 1 aromatic carbocycles. The number of aromatic nitrogens is 2. The lowest BCUT2D eigenvalue weighted by molar-refractivity contribution is -0.136. The number of hydrogen-bond acceptors (Lipinski definition) is 5. The van der Waals surface area contributed by atoms with Crippen molar-refractivity contribution in [1.29, 1.82) is 0 Å². The van der Waals surface area contributed by atoms with Gasteiger partial charge in [0.25, 0.3) is 0 Å². The van der Waals surface area contributed by atoms with E-state index in [1.165, 1.54) is 5.56 Å². The number of hydrogen-bond donors (Lipinski definition) is 0. The Labute approximate surface area is 160 Å². The van der Waals surface area contributed by atoms with Crippen LogP contribution >= 0.6 is 0 Å². The van der Waals surface area contributed by atoms with Gasteiger partial charge in [-0.25, -0.2) is 9.97 Å².